The van der Waals surface area contributed by atoms with Crippen molar-refractivity contribution < 1.29 is 9.47 Å². The Morgan fingerprint density at radius 1 is 1.33 bits per heavy atom. The minimum Gasteiger partial charge on any atom is -0.459 e. The molecule has 0 saturated carbocycles. The predicted octanol–water partition coefficient (Wildman–Crippen LogP) is 2.01. The van der Waals surface area contributed by atoms with E-state index in [0.29, 0.717) is 0 Å². The van der Waals surface area contributed by atoms with Gasteiger partial charge in [-0.2, -0.15) is 0 Å². The molecule has 0 radical (unpaired) electrons. The molecule has 1 aliphatic rings. The van der Waals surface area contributed by atoms with Crippen LogP contribution in [0.4, 0.5) is 0 Å². The molecule has 1 rings (SSSR count). The third-order valence-corrected chi connectivity index (χ3v) is 1.65. The van der Waals surface area contributed by atoms with Crippen molar-refractivity contribution in [1.29, 1.82) is 0 Å². The number of alkyl halides is 1. The van der Waals surface area contributed by atoms with Gasteiger partial charge in [0.15, 0.2) is 0 Å². The van der Waals surface area contributed by atoms with E-state index in [1.807, 2.05) is 0 Å². The lowest BCUT2D eigenvalue weighted by Crippen LogP contribution is -2.06. The molecule has 0 aromatic rings. The van der Waals surface area contributed by atoms with Crippen LogP contribution in [0.25, 0.3) is 0 Å². The van der Waals surface area contributed by atoms with Crippen molar-refractivity contribution in [1.82, 2.24) is 0 Å². The molecule has 52 valence electrons. The Bertz CT molecular complexity index is 95.2. The first-order chi connectivity index (χ1) is 4.43. The van der Waals surface area contributed by atoms with Crippen molar-refractivity contribution in [2.24, 2.45) is 0 Å². The minimum atomic E-state index is -0.0254. The Balaban J connectivity index is 2.01. The summed E-state index contributed by atoms with van der Waals surface area (Å²) in [5, 5.41) is 1.01. The fraction of sp³-hybridized carbons (Fsp3) is 0.667. The number of ether oxygens (including phenoxy) is 2. The fourth-order valence-corrected chi connectivity index (χ4v) is 0.975. The van der Waals surface area contributed by atoms with E-state index in [-0.39, 0.29) is 6.29 Å². The van der Waals surface area contributed by atoms with Crippen LogP contribution >= 0.6 is 15.9 Å². The summed E-state index contributed by atoms with van der Waals surface area (Å²) in [4.78, 5) is 0. The SMILES string of the molecule is BrCCCC1OC=CO1. The number of hydrogen-bond acceptors (Lipinski definition) is 2. The standard InChI is InChI=1S/C6H9BrO2/c7-3-1-2-6-8-4-5-9-6/h4-6H,1-3H2. The second-order valence-corrected chi connectivity index (χ2v) is 2.60. The number of rotatable bonds is 3. The van der Waals surface area contributed by atoms with Gasteiger partial charge in [0.05, 0.1) is 0 Å². The topological polar surface area (TPSA) is 18.5 Å². The fourth-order valence-electron chi connectivity index (χ4n) is 0.651. The van der Waals surface area contributed by atoms with E-state index in [4.69, 9.17) is 9.47 Å². The molecule has 0 fully saturated rings. The number of halogens is 1. The second kappa shape index (κ2) is 3.77. The quantitative estimate of drug-likeness (QED) is 0.638. The molecule has 0 unspecified atom stereocenters. The van der Waals surface area contributed by atoms with Gasteiger partial charge in [-0.1, -0.05) is 15.9 Å². The Morgan fingerprint density at radius 2 is 2.00 bits per heavy atom. The molecule has 0 aromatic heterocycles. The Morgan fingerprint density at radius 3 is 2.56 bits per heavy atom. The highest BCUT2D eigenvalue weighted by Crippen LogP contribution is 2.11. The van der Waals surface area contributed by atoms with E-state index in [9.17, 15) is 0 Å². The van der Waals surface area contributed by atoms with Crippen LogP contribution in [0.3, 0.4) is 0 Å². The first-order valence-corrected chi connectivity index (χ1v) is 4.07. The lowest BCUT2D eigenvalue weighted by molar-refractivity contribution is -0.0279. The van der Waals surface area contributed by atoms with Crippen LogP contribution in [-0.4, -0.2) is 11.6 Å². The molecule has 0 aromatic carbocycles. The summed E-state index contributed by atoms with van der Waals surface area (Å²) in [6, 6.07) is 0. The van der Waals surface area contributed by atoms with Crippen molar-refractivity contribution in [3.63, 3.8) is 0 Å². The molecule has 0 aliphatic carbocycles. The monoisotopic (exact) mass is 192 g/mol. The predicted molar refractivity (Wildman–Crippen MR) is 38.1 cm³/mol. The molecule has 1 aliphatic heterocycles. The zero-order chi connectivity index (χ0) is 6.53. The van der Waals surface area contributed by atoms with Crippen molar-refractivity contribution in [2.75, 3.05) is 5.33 Å². The highest BCUT2D eigenvalue weighted by Gasteiger charge is 2.09. The van der Waals surface area contributed by atoms with E-state index in [2.05, 4.69) is 15.9 Å². The summed E-state index contributed by atoms with van der Waals surface area (Å²) in [6.07, 6.45) is 5.19. The molecule has 0 bridgehead atoms. The molecule has 0 N–H and O–H groups in total. The molecule has 3 heteroatoms. The minimum absolute atomic E-state index is 0.0254. The van der Waals surface area contributed by atoms with E-state index in [1.165, 1.54) is 0 Å². The zero-order valence-corrected chi connectivity index (χ0v) is 6.63. The molecule has 1 heterocycles. The lowest BCUT2D eigenvalue weighted by Gasteiger charge is -2.07. The maximum atomic E-state index is 5.03. The van der Waals surface area contributed by atoms with Gasteiger partial charge in [-0.15, -0.1) is 0 Å². The van der Waals surface area contributed by atoms with Crippen LogP contribution in [0.15, 0.2) is 12.5 Å². The summed E-state index contributed by atoms with van der Waals surface area (Å²) in [5.74, 6) is 0. The lowest BCUT2D eigenvalue weighted by atomic mass is 10.3. The first-order valence-electron chi connectivity index (χ1n) is 2.95. The van der Waals surface area contributed by atoms with Gasteiger partial charge in [-0.3, -0.25) is 0 Å². The van der Waals surface area contributed by atoms with Crippen LogP contribution < -0.4 is 0 Å². The third kappa shape index (κ3) is 2.26. The number of hydrogen-bond donors (Lipinski definition) is 0. The Labute approximate surface area is 63.0 Å². The van der Waals surface area contributed by atoms with E-state index < -0.39 is 0 Å². The van der Waals surface area contributed by atoms with Gasteiger partial charge >= 0.3 is 0 Å². The summed E-state index contributed by atoms with van der Waals surface area (Å²) in [7, 11) is 0. The molecule has 0 spiro atoms. The van der Waals surface area contributed by atoms with Crippen LogP contribution in [0, 0.1) is 0 Å². The van der Waals surface area contributed by atoms with Gasteiger partial charge in [0.1, 0.15) is 12.5 Å². The molecule has 2 nitrogen and oxygen atoms in total. The largest absolute Gasteiger partial charge is 0.459 e. The van der Waals surface area contributed by atoms with Gasteiger partial charge in [0, 0.05) is 11.8 Å². The van der Waals surface area contributed by atoms with Gasteiger partial charge < -0.3 is 9.47 Å². The molecule has 0 atom stereocenters. The highest BCUT2D eigenvalue weighted by atomic mass is 79.9. The maximum absolute atomic E-state index is 5.03. The van der Waals surface area contributed by atoms with Crippen LogP contribution in [0.1, 0.15) is 12.8 Å². The molecular weight excluding hydrogens is 184 g/mol. The first kappa shape index (κ1) is 6.93. The highest BCUT2D eigenvalue weighted by molar-refractivity contribution is 9.09. The maximum Gasteiger partial charge on any atom is 0.239 e. The summed E-state index contributed by atoms with van der Waals surface area (Å²) < 4.78 is 10.1. The summed E-state index contributed by atoms with van der Waals surface area (Å²) in [6.45, 7) is 0. The zero-order valence-electron chi connectivity index (χ0n) is 5.05. The van der Waals surface area contributed by atoms with Crippen molar-refractivity contribution in [2.45, 2.75) is 19.1 Å². The smallest absolute Gasteiger partial charge is 0.239 e. The normalized spacial score (nSPS) is 17.4. The summed E-state index contributed by atoms with van der Waals surface area (Å²) >= 11 is 3.33. The average molecular weight is 193 g/mol. The second-order valence-electron chi connectivity index (χ2n) is 1.81. The van der Waals surface area contributed by atoms with Crippen LogP contribution in [0.2, 0.25) is 0 Å². The van der Waals surface area contributed by atoms with E-state index in [0.717, 1.165) is 18.2 Å². The molecule has 9 heavy (non-hydrogen) atoms. The van der Waals surface area contributed by atoms with Gasteiger partial charge in [-0.05, 0) is 6.42 Å². The van der Waals surface area contributed by atoms with Crippen molar-refractivity contribution in [3.05, 3.63) is 12.5 Å². The van der Waals surface area contributed by atoms with Crippen molar-refractivity contribution in [3.8, 4) is 0 Å². The summed E-state index contributed by atoms with van der Waals surface area (Å²) in [5.41, 5.74) is 0. The third-order valence-electron chi connectivity index (χ3n) is 1.09. The van der Waals surface area contributed by atoms with Gasteiger partial charge in [0.25, 0.3) is 0 Å². The average Bonchev–Trinajstić information content (AvgIpc) is 2.34. The van der Waals surface area contributed by atoms with Gasteiger partial charge in [-0.25, -0.2) is 0 Å². The molecule has 0 amide bonds. The Hall–Kier alpha value is -0.180. The molecular formula is C6H9BrO2. The van der Waals surface area contributed by atoms with Crippen molar-refractivity contribution >= 4 is 15.9 Å². The van der Waals surface area contributed by atoms with E-state index in [1.54, 1.807) is 12.5 Å². The Kier molecular flexibility index (Phi) is 2.91. The van der Waals surface area contributed by atoms with Gasteiger partial charge in [0.2, 0.25) is 6.29 Å². The van der Waals surface area contributed by atoms with Crippen LogP contribution in [0.5, 0.6) is 0 Å². The van der Waals surface area contributed by atoms with E-state index >= 15 is 0 Å². The van der Waals surface area contributed by atoms with Crippen LogP contribution in [-0.2, 0) is 9.47 Å². The molecule has 0 saturated heterocycles.